The van der Waals surface area contributed by atoms with Gasteiger partial charge < -0.3 is 9.67 Å². The Bertz CT molecular complexity index is 353. The van der Waals surface area contributed by atoms with Gasteiger partial charge >= 0.3 is 0 Å². The van der Waals surface area contributed by atoms with Crippen LogP contribution in [0, 0.1) is 11.8 Å². The van der Waals surface area contributed by atoms with Gasteiger partial charge in [0, 0.05) is 18.9 Å². The lowest BCUT2D eigenvalue weighted by atomic mass is 9.78. The van der Waals surface area contributed by atoms with Crippen LogP contribution in [0.25, 0.3) is 0 Å². The lowest BCUT2D eigenvalue weighted by molar-refractivity contribution is 0.0630. The van der Waals surface area contributed by atoms with Crippen molar-refractivity contribution < 1.29 is 5.11 Å². The zero-order valence-corrected chi connectivity index (χ0v) is 11.7. The second-order valence-electron chi connectivity index (χ2n) is 5.61. The minimum absolute atomic E-state index is 0.371. The fourth-order valence-corrected chi connectivity index (χ4v) is 3.14. The highest BCUT2D eigenvalue weighted by Crippen LogP contribution is 2.37. The van der Waals surface area contributed by atoms with E-state index in [-0.39, 0.29) is 6.10 Å². The van der Waals surface area contributed by atoms with Gasteiger partial charge in [0.1, 0.15) is 11.9 Å². The molecule has 3 heteroatoms. The molecule has 1 atom stereocenters. The molecule has 1 aromatic rings. The summed E-state index contributed by atoms with van der Waals surface area (Å²) in [6, 6.07) is 0. The first-order chi connectivity index (χ1) is 8.76. The average Bonchev–Trinajstić information content (AvgIpc) is 2.87. The summed E-state index contributed by atoms with van der Waals surface area (Å²) >= 11 is 0. The molecule has 1 aliphatic carbocycles. The monoisotopic (exact) mass is 250 g/mol. The Kier molecular flexibility index (Phi) is 4.81. The highest BCUT2D eigenvalue weighted by molar-refractivity contribution is 4.99. The Balaban J connectivity index is 1.98. The highest BCUT2D eigenvalue weighted by Gasteiger charge is 2.28. The van der Waals surface area contributed by atoms with Crippen LogP contribution in [-0.4, -0.2) is 14.7 Å². The second kappa shape index (κ2) is 6.37. The van der Waals surface area contributed by atoms with E-state index in [1.807, 2.05) is 12.4 Å². The summed E-state index contributed by atoms with van der Waals surface area (Å²) in [5.74, 6) is 2.16. The number of imidazole rings is 1. The molecule has 1 aromatic heterocycles. The fourth-order valence-electron chi connectivity index (χ4n) is 3.14. The van der Waals surface area contributed by atoms with E-state index < -0.39 is 0 Å². The number of hydrogen-bond donors (Lipinski definition) is 1. The average molecular weight is 250 g/mol. The molecule has 1 unspecified atom stereocenters. The van der Waals surface area contributed by atoms with Crippen LogP contribution in [0.2, 0.25) is 0 Å². The molecule has 0 aliphatic heterocycles. The maximum absolute atomic E-state index is 10.5. The number of hydrogen-bond acceptors (Lipinski definition) is 2. The Morgan fingerprint density at radius 2 is 2.06 bits per heavy atom. The van der Waals surface area contributed by atoms with Crippen LogP contribution < -0.4 is 0 Å². The van der Waals surface area contributed by atoms with Crippen LogP contribution in [0.5, 0.6) is 0 Å². The third kappa shape index (κ3) is 2.94. The maximum Gasteiger partial charge on any atom is 0.137 e. The molecule has 0 radical (unpaired) electrons. The third-order valence-corrected chi connectivity index (χ3v) is 4.39. The molecule has 18 heavy (non-hydrogen) atoms. The number of aliphatic hydroxyl groups is 1. The molecule has 102 valence electrons. The molecule has 0 aromatic carbocycles. The number of aromatic nitrogens is 2. The van der Waals surface area contributed by atoms with E-state index in [2.05, 4.69) is 23.4 Å². The quantitative estimate of drug-likeness (QED) is 0.868. The first-order valence-corrected chi connectivity index (χ1v) is 7.45. The largest absolute Gasteiger partial charge is 0.385 e. The smallest absolute Gasteiger partial charge is 0.137 e. The Hall–Kier alpha value is -0.830. The van der Waals surface area contributed by atoms with Gasteiger partial charge in [0.15, 0.2) is 0 Å². The van der Waals surface area contributed by atoms with Gasteiger partial charge in [0.25, 0.3) is 0 Å². The minimum atomic E-state index is -0.371. The van der Waals surface area contributed by atoms with Crippen molar-refractivity contribution in [3.8, 4) is 0 Å². The maximum atomic E-state index is 10.5. The van der Waals surface area contributed by atoms with Crippen LogP contribution in [0.4, 0.5) is 0 Å². The van der Waals surface area contributed by atoms with Gasteiger partial charge in [-0.2, -0.15) is 0 Å². The van der Waals surface area contributed by atoms with Gasteiger partial charge in [-0.25, -0.2) is 4.98 Å². The molecule has 0 amide bonds. The van der Waals surface area contributed by atoms with Crippen molar-refractivity contribution in [2.75, 3.05) is 0 Å². The van der Waals surface area contributed by atoms with Crippen molar-refractivity contribution in [1.29, 1.82) is 0 Å². The van der Waals surface area contributed by atoms with Crippen LogP contribution in [0.15, 0.2) is 12.4 Å². The normalized spacial score (nSPS) is 26.2. The highest BCUT2D eigenvalue weighted by atomic mass is 16.3. The number of aliphatic hydroxyl groups excluding tert-OH is 1. The summed E-state index contributed by atoms with van der Waals surface area (Å²) < 4.78 is 2.11. The molecule has 3 nitrogen and oxygen atoms in total. The van der Waals surface area contributed by atoms with Crippen molar-refractivity contribution in [2.24, 2.45) is 11.8 Å². The van der Waals surface area contributed by atoms with E-state index in [4.69, 9.17) is 0 Å². The topological polar surface area (TPSA) is 38.0 Å². The number of rotatable bonds is 5. The Morgan fingerprint density at radius 3 is 2.67 bits per heavy atom. The molecular weight excluding hydrogens is 224 g/mol. The zero-order valence-electron chi connectivity index (χ0n) is 11.7. The SMILES string of the molecule is CCCn1ccnc1C(O)C1CCC(CC)CC1. The molecule has 0 saturated heterocycles. The number of nitrogens with zero attached hydrogens (tertiary/aromatic N) is 2. The van der Waals surface area contributed by atoms with Crippen molar-refractivity contribution in [3.05, 3.63) is 18.2 Å². The zero-order chi connectivity index (χ0) is 13.0. The minimum Gasteiger partial charge on any atom is -0.385 e. The van der Waals surface area contributed by atoms with Gasteiger partial charge in [0.05, 0.1) is 0 Å². The summed E-state index contributed by atoms with van der Waals surface area (Å²) in [7, 11) is 0. The van der Waals surface area contributed by atoms with E-state index in [0.717, 1.165) is 37.5 Å². The molecule has 0 bridgehead atoms. The lowest BCUT2D eigenvalue weighted by Crippen LogP contribution is -2.22. The Morgan fingerprint density at radius 1 is 1.33 bits per heavy atom. The van der Waals surface area contributed by atoms with Gasteiger partial charge in [-0.1, -0.05) is 33.1 Å². The van der Waals surface area contributed by atoms with E-state index >= 15 is 0 Å². The summed E-state index contributed by atoms with van der Waals surface area (Å²) in [5.41, 5.74) is 0. The standard InChI is InChI=1S/C15H26N2O/c1-3-10-17-11-9-16-15(17)14(18)13-7-5-12(4-2)6-8-13/h9,11-14,18H,3-8,10H2,1-2H3. The van der Waals surface area contributed by atoms with Crippen molar-refractivity contribution in [3.63, 3.8) is 0 Å². The second-order valence-corrected chi connectivity index (χ2v) is 5.61. The molecule has 2 rings (SSSR count). The van der Waals surface area contributed by atoms with Gasteiger partial charge in [-0.3, -0.25) is 0 Å². The molecule has 1 N–H and O–H groups in total. The molecule has 1 fully saturated rings. The number of aryl methyl sites for hydroxylation is 1. The van der Waals surface area contributed by atoms with E-state index in [1.54, 1.807) is 0 Å². The lowest BCUT2D eigenvalue weighted by Gasteiger charge is -2.30. The first-order valence-electron chi connectivity index (χ1n) is 7.45. The predicted octanol–water partition coefficient (Wildman–Crippen LogP) is 3.54. The summed E-state index contributed by atoms with van der Waals surface area (Å²) in [5, 5.41) is 10.5. The molecule has 0 spiro atoms. The molecule has 1 aliphatic rings. The van der Waals surface area contributed by atoms with Crippen molar-refractivity contribution in [2.45, 2.75) is 65.0 Å². The Labute approximate surface area is 110 Å². The molecular formula is C15H26N2O. The summed E-state index contributed by atoms with van der Waals surface area (Å²) in [4.78, 5) is 4.36. The summed E-state index contributed by atoms with van der Waals surface area (Å²) in [6.07, 6.45) is 10.6. The van der Waals surface area contributed by atoms with E-state index in [9.17, 15) is 5.11 Å². The van der Waals surface area contributed by atoms with Crippen LogP contribution in [-0.2, 0) is 6.54 Å². The van der Waals surface area contributed by atoms with Gasteiger partial charge in [-0.15, -0.1) is 0 Å². The van der Waals surface area contributed by atoms with Crippen LogP contribution in [0.3, 0.4) is 0 Å². The van der Waals surface area contributed by atoms with Gasteiger partial charge in [-0.05, 0) is 31.1 Å². The predicted molar refractivity (Wildman–Crippen MR) is 73.2 cm³/mol. The van der Waals surface area contributed by atoms with E-state index in [0.29, 0.717) is 5.92 Å². The third-order valence-electron chi connectivity index (χ3n) is 4.39. The molecule has 1 saturated carbocycles. The van der Waals surface area contributed by atoms with Crippen molar-refractivity contribution >= 4 is 0 Å². The van der Waals surface area contributed by atoms with E-state index in [1.165, 1.54) is 19.3 Å². The summed E-state index contributed by atoms with van der Waals surface area (Å²) in [6.45, 7) is 5.38. The first kappa shape index (κ1) is 13.6. The van der Waals surface area contributed by atoms with Gasteiger partial charge in [0.2, 0.25) is 0 Å². The van der Waals surface area contributed by atoms with Crippen molar-refractivity contribution in [1.82, 2.24) is 9.55 Å². The molecule has 1 heterocycles. The fraction of sp³-hybridized carbons (Fsp3) is 0.800. The van der Waals surface area contributed by atoms with Crippen LogP contribution in [0.1, 0.15) is 64.3 Å². The van der Waals surface area contributed by atoms with Crippen LogP contribution >= 0.6 is 0 Å².